The molecule has 1 heterocycles. The first kappa shape index (κ1) is 24.7. The summed E-state index contributed by atoms with van der Waals surface area (Å²) in [6, 6.07) is 13.5. The summed E-state index contributed by atoms with van der Waals surface area (Å²) >= 11 is 5.89. The third-order valence-corrected chi connectivity index (χ3v) is 6.28. The van der Waals surface area contributed by atoms with Crippen molar-refractivity contribution >= 4 is 27.3 Å². The van der Waals surface area contributed by atoms with E-state index in [4.69, 9.17) is 20.9 Å². The highest BCUT2D eigenvalue weighted by Crippen LogP contribution is 2.19. The predicted molar refractivity (Wildman–Crippen MR) is 125 cm³/mol. The van der Waals surface area contributed by atoms with Gasteiger partial charge in [-0.15, -0.1) is 0 Å². The van der Waals surface area contributed by atoms with Crippen LogP contribution in [0.25, 0.3) is 11.4 Å². The molecule has 0 saturated carbocycles. The third kappa shape index (κ3) is 7.57. The fourth-order valence-electron chi connectivity index (χ4n) is 3.07. The van der Waals surface area contributed by atoms with E-state index in [1.807, 2.05) is 12.1 Å². The molecule has 0 aliphatic heterocycles. The SMILES string of the molecule is CN(CCCOc1cccc(S(C)(=O)=O)c1)C(=O)CCCc1nc(-c2ccc(Cl)cc2)no1. The fraction of sp³-hybridized carbons (Fsp3) is 0.348. The quantitative estimate of drug-likeness (QED) is 0.373. The average Bonchev–Trinajstić information content (AvgIpc) is 3.25. The van der Waals surface area contributed by atoms with Gasteiger partial charge in [0.25, 0.3) is 0 Å². The average molecular weight is 492 g/mol. The molecule has 0 unspecified atom stereocenters. The summed E-state index contributed by atoms with van der Waals surface area (Å²) in [4.78, 5) is 18.6. The zero-order valence-corrected chi connectivity index (χ0v) is 20.1. The van der Waals surface area contributed by atoms with E-state index in [0.29, 0.717) is 61.3 Å². The normalized spacial score (nSPS) is 11.4. The molecule has 0 fully saturated rings. The van der Waals surface area contributed by atoms with E-state index in [0.717, 1.165) is 11.8 Å². The van der Waals surface area contributed by atoms with Crippen molar-refractivity contribution in [2.24, 2.45) is 0 Å². The van der Waals surface area contributed by atoms with E-state index in [1.54, 1.807) is 36.2 Å². The zero-order chi connectivity index (χ0) is 23.8. The number of carbonyl (C=O) groups is 1. The van der Waals surface area contributed by atoms with Crippen molar-refractivity contribution in [1.82, 2.24) is 15.0 Å². The van der Waals surface area contributed by atoms with Gasteiger partial charge in [0.2, 0.25) is 17.6 Å². The summed E-state index contributed by atoms with van der Waals surface area (Å²) in [7, 11) is -1.53. The first-order valence-electron chi connectivity index (χ1n) is 10.5. The molecule has 8 nitrogen and oxygen atoms in total. The Bertz CT molecular complexity index is 1180. The highest BCUT2D eigenvalue weighted by Gasteiger charge is 2.12. The van der Waals surface area contributed by atoms with Crippen LogP contribution in [0.1, 0.15) is 25.2 Å². The van der Waals surface area contributed by atoms with Gasteiger partial charge in [0.15, 0.2) is 9.84 Å². The number of aryl methyl sites for hydroxylation is 1. The van der Waals surface area contributed by atoms with Gasteiger partial charge >= 0.3 is 0 Å². The fourth-order valence-corrected chi connectivity index (χ4v) is 3.85. The minimum Gasteiger partial charge on any atom is -0.493 e. The Morgan fingerprint density at radius 1 is 1.15 bits per heavy atom. The van der Waals surface area contributed by atoms with E-state index < -0.39 is 9.84 Å². The van der Waals surface area contributed by atoms with Gasteiger partial charge in [-0.25, -0.2) is 8.42 Å². The number of carbonyl (C=O) groups excluding carboxylic acids is 1. The molecule has 2 aromatic carbocycles. The summed E-state index contributed by atoms with van der Waals surface area (Å²) in [5.41, 5.74) is 0.815. The second-order valence-electron chi connectivity index (χ2n) is 7.64. The second kappa shape index (κ2) is 11.3. The van der Waals surface area contributed by atoms with Gasteiger partial charge in [-0.3, -0.25) is 4.79 Å². The summed E-state index contributed by atoms with van der Waals surface area (Å²) < 4.78 is 34.1. The van der Waals surface area contributed by atoms with Gasteiger partial charge in [0, 0.05) is 43.3 Å². The van der Waals surface area contributed by atoms with Crippen LogP contribution in [0.3, 0.4) is 0 Å². The lowest BCUT2D eigenvalue weighted by atomic mass is 10.2. The van der Waals surface area contributed by atoms with Crippen LogP contribution in [-0.2, 0) is 21.1 Å². The lowest BCUT2D eigenvalue weighted by Gasteiger charge is -2.17. The predicted octanol–water partition coefficient (Wildman–Crippen LogP) is 4.04. The Kier molecular flexibility index (Phi) is 8.46. The van der Waals surface area contributed by atoms with Crippen molar-refractivity contribution in [1.29, 1.82) is 0 Å². The lowest BCUT2D eigenvalue weighted by molar-refractivity contribution is -0.130. The second-order valence-corrected chi connectivity index (χ2v) is 10.1. The van der Waals surface area contributed by atoms with Crippen LogP contribution >= 0.6 is 11.6 Å². The van der Waals surface area contributed by atoms with Gasteiger partial charge in [0.05, 0.1) is 11.5 Å². The number of benzene rings is 2. The minimum atomic E-state index is -3.28. The summed E-state index contributed by atoms with van der Waals surface area (Å²) in [6.07, 6.45) is 3.26. The van der Waals surface area contributed by atoms with Crippen molar-refractivity contribution < 1.29 is 22.5 Å². The molecule has 0 bridgehead atoms. The van der Waals surface area contributed by atoms with E-state index in [2.05, 4.69) is 10.1 Å². The smallest absolute Gasteiger partial charge is 0.226 e. The maximum Gasteiger partial charge on any atom is 0.226 e. The van der Waals surface area contributed by atoms with Crippen molar-refractivity contribution in [2.45, 2.75) is 30.6 Å². The van der Waals surface area contributed by atoms with E-state index in [9.17, 15) is 13.2 Å². The van der Waals surface area contributed by atoms with Gasteiger partial charge in [-0.2, -0.15) is 4.98 Å². The number of hydrogen-bond acceptors (Lipinski definition) is 7. The molecule has 0 aliphatic carbocycles. The number of sulfone groups is 1. The molecule has 0 spiro atoms. The minimum absolute atomic E-state index is 0.0199. The van der Waals surface area contributed by atoms with Gasteiger partial charge in [-0.1, -0.05) is 22.8 Å². The number of hydrogen-bond donors (Lipinski definition) is 0. The topological polar surface area (TPSA) is 103 Å². The van der Waals surface area contributed by atoms with Gasteiger partial charge < -0.3 is 14.2 Å². The molecule has 3 rings (SSSR count). The number of amides is 1. The number of aromatic nitrogens is 2. The Balaban J connectivity index is 1.36. The van der Waals surface area contributed by atoms with E-state index in [1.165, 1.54) is 12.1 Å². The first-order valence-corrected chi connectivity index (χ1v) is 12.7. The Hall–Kier alpha value is -2.91. The number of nitrogens with zero attached hydrogens (tertiary/aromatic N) is 3. The van der Waals surface area contributed by atoms with Crippen LogP contribution in [0.2, 0.25) is 5.02 Å². The summed E-state index contributed by atoms with van der Waals surface area (Å²) in [5, 5.41) is 4.61. The van der Waals surface area contributed by atoms with Gasteiger partial charge in [-0.05, 0) is 55.3 Å². The molecule has 3 aromatic rings. The van der Waals surface area contributed by atoms with E-state index in [-0.39, 0.29) is 10.8 Å². The molecule has 0 saturated heterocycles. The molecule has 10 heteroatoms. The number of rotatable bonds is 11. The maximum atomic E-state index is 12.4. The molecular formula is C23H26ClN3O5S. The van der Waals surface area contributed by atoms with Crippen molar-refractivity contribution in [3.05, 3.63) is 59.4 Å². The van der Waals surface area contributed by atoms with Crippen molar-refractivity contribution in [3.63, 3.8) is 0 Å². The molecule has 176 valence electrons. The van der Waals surface area contributed by atoms with Crippen molar-refractivity contribution in [2.75, 3.05) is 26.5 Å². The van der Waals surface area contributed by atoms with Gasteiger partial charge in [0.1, 0.15) is 5.75 Å². The molecule has 0 N–H and O–H groups in total. The molecule has 0 aliphatic rings. The van der Waals surface area contributed by atoms with Crippen LogP contribution in [0.5, 0.6) is 5.75 Å². The Morgan fingerprint density at radius 3 is 2.64 bits per heavy atom. The molecule has 1 aromatic heterocycles. The molecule has 0 atom stereocenters. The number of ether oxygens (including phenoxy) is 1. The van der Waals surface area contributed by atoms with E-state index >= 15 is 0 Å². The standard InChI is InChI=1S/C23H26ClN3O5S/c1-27(14-5-15-31-19-6-3-7-20(16-19)33(2,29)30)22(28)9-4-8-21-25-23(26-32-21)17-10-12-18(24)13-11-17/h3,6-7,10-13,16H,4-5,8-9,14-15H2,1-2H3. The van der Waals surface area contributed by atoms with Crippen LogP contribution in [0, 0.1) is 0 Å². The zero-order valence-electron chi connectivity index (χ0n) is 18.5. The van der Waals surface area contributed by atoms with Crippen LogP contribution in [-0.4, -0.2) is 55.8 Å². The maximum absolute atomic E-state index is 12.4. The van der Waals surface area contributed by atoms with Crippen LogP contribution in [0.4, 0.5) is 0 Å². The monoisotopic (exact) mass is 491 g/mol. The Morgan fingerprint density at radius 2 is 1.91 bits per heavy atom. The van der Waals surface area contributed by atoms with Crippen LogP contribution in [0.15, 0.2) is 57.9 Å². The van der Waals surface area contributed by atoms with Crippen molar-refractivity contribution in [3.8, 4) is 17.1 Å². The molecular weight excluding hydrogens is 466 g/mol. The Labute approximate surface area is 198 Å². The molecule has 33 heavy (non-hydrogen) atoms. The summed E-state index contributed by atoms with van der Waals surface area (Å²) in [6.45, 7) is 0.909. The third-order valence-electron chi connectivity index (χ3n) is 4.92. The lowest BCUT2D eigenvalue weighted by Crippen LogP contribution is -2.28. The first-order chi connectivity index (χ1) is 15.7. The van der Waals surface area contributed by atoms with Crippen LogP contribution < -0.4 is 4.74 Å². The molecule has 1 amide bonds. The largest absolute Gasteiger partial charge is 0.493 e. The highest BCUT2D eigenvalue weighted by molar-refractivity contribution is 7.90. The number of halogens is 1. The summed E-state index contributed by atoms with van der Waals surface area (Å²) in [5.74, 6) is 1.49. The highest BCUT2D eigenvalue weighted by atomic mass is 35.5. The molecule has 0 radical (unpaired) electrons.